The van der Waals surface area contributed by atoms with Gasteiger partial charge in [-0.25, -0.2) is 0 Å². The van der Waals surface area contributed by atoms with Gasteiger partial charge in [-0.2, -0.15) is 0 Å². The summed E-state index contributed by atoms with van der Waals surface area (Å²) in [5.41, 5.74) is 2.18. The lowest BCUT2D eigenvalue weighted by Crippen LogP contribution is -2.04. The number of rotatable bonds is 9. The molecule has 3 rings (SSSR count). The summed E-state index contributed by atoms with van der Waals surface area (Å²) >= 11 is 1.63. The summed E-state index contributed by atoms with van der Waals surface area (Å²) in [6, 6.07) is 15.9. The van der Waals surface area contributed by atoms with Crippen molar-refractivity contribution in [2.75, 3.05) is 19.5 Å². The van der Waals surface area contributed by atoms with Crippen molar-refractivity contribution in [1.29, 1.82) is 0 Å². The normalized spacial score (nSPS) is 10.6. The average molecular weight is 382 g/mol. The van der Waals surface area contributed by atoms with Crippen molar-refractivity contribution in [3.05, 3.63) is 66.7 Å². The molecule has 0 atom stereocenters. The van der Waals surface area contributed by atoms with Gasteiger partial charge in [-0.1, -0.05) is 30.0 Å². The molecule has 6 heteroatoms. The van der Waals surface area contributed by atoms with Gasteiger partial charge in [0, 0.05) is 17.9 Å². The summed E-state index contributed by atoms with van der Waals surface area (Å²) in [6.45, 7) is 7.16. The Balaban J connectivity index is 1.66. The third kappa shape index (κ3) is 4.92. The van der Waals surface area contributed by atoms with Gasteiger partial charge >= 0.3 is 0 Å². The lowest BCUT2D eigenvalue weighted by Gasteiger charge is -2.09. The highest BCUT2D eigenvalue weighted by atomic mass is 32.2. The molecule has 0 aliphatic rings. The molecule has 0 saturated carbocycles. The number of methoxy groups -OCH3 is 1. The SMILES string of the molecule is C=CCn1c(SCCOc2cccc(C)c2)nnc1-c1ccc(OC)cc1. The number of hydrogen-bond donors (Lipinski definition) is 0. The summed E-state index contributed by atoms with van der Waals surface area (Å²) in [5.74, 6) is 3.31. The summed E-state index contributed by atoms with van der Waals surface area (Å²) < 4.78 is 13.1. The number of aryl methyl sites for hydroxylation is 1. The number of allylic oxidation sites excluding steroid dienone is 1. The Hall–Kier alpha value is -2.73. The molecular weight excluding hydrogens is 358 g/mol. The first kappa shape index (κ1) is 19.0. The number of thioether (sulfide) groups is 1. The highest BCUT2D eigenvalue weighted by Crippen LogP contribution is 2.25. The van der Waals surface area contributed by atoms with E-state index in [0.717, 1.165) is 33.8 Å². The molecule has 0 amide bonds. The first-order chi connectivity index (χ1) is 13.2. The van der Waals surface area contributed by atoms with E-state index in [4.69, 9.17) is 9.47 Å². The molecule has 1 heterocycles. The number of nitrogens with zero attached hydrogens (tertiary/aromatic N) is 3. The van der Waals surface area contributed by atoms with Gasteiger partial charge < -0.3 is 9.47 Å². The molecule has 3 aromatic rings. The minimum atomic E-state index is 0.604. The minimum absolute atomic E-state index is 0.604. The second kappa shape index (κ2) is 9.28. The van der Waals surface area contributed by atoms with E-state index in [1.807, 2.05) is 48.5 Å². The molecule has 0 N–H and O–H groups in total. The topological polar surface area (TPSA) is 49.2 Å². The van der Waals surface area contributed by atoms with Gasteiger partial charge in [-0.05, 0) is 48.9 Å². The maximum absolute atomic E-state index is 5.81. The van der Waals surface area contributed by atoms with Crippen LogP contribution in [0.3, 0.4) is 0 Å². The Morgan fingerprint density at radius 2 is 1.93 bits per heavy atom. The van der Waals surface area contributed by atoms with Crippen LogP contribution in [0, 0.1) is 6.92 Å². The average Bonchev–Trinajstić information content (AvgIpc) is 3.08. The van der Waals surface area contributed by atoms with E-state index >= 15 is 0 Å². The van der Waals surface area contributed by atoms with Crippen molar-refractivity contribution >= 4 is 11.8 Å². The maximum Gasteiger partial charge on any atom is 0.191 e. The van der Waals surface area contributed by atoms with E-state index in [1.165, 1.54) is 5.56 Å². The van der Waals surface area contributed by atoms with E-state index in [1.54, 1.807) is 18.9 Å². The number of benzene rings is 2. The van der Waals surface area contributed by atoms with Crippen LogP contribution < -0.4 is 9.47 Å². The molecule has 140 valence electrons. The molecule has 0 fully saturated rings. The predicted octanol–water partition coefficient (Wildman–Crippen LogP) is 4.62. The summed E-state index contributed by atoms with van der Waals surface area (Å²) in [7, 11) is 1.66. The van der Waals surface area contributed by atoms with Gasteiger partial charge in [0.1, 0.15) is 11.5 Å². The third-order valence-corrected chi connectivity index (χ3v) is 4.88. The zero-order valence-electron chi connectivity index (χ0n) is 15.6. The van der Waals surface area contributed by atoms with Gasteiger partial charge in [0.2, 0.25) is 0 Å². The van der Waals surface area contributed by atoms with Gasteiger partial charge in [-0.15, -0.1) is 16.8 Å². The van der Waals surface area contributed by atoms with Crippen molar-refractivity contribution in [3.8, 4) is 22.9 Å². The van der Waals surface area contributed by atoms with Gasteiger partial charge in [-0.3, -0.25) is 4.57 Å². The molecule has 0 unspecified atom stereocenters. The highest BCUT2D eigenvalue weighted by molar-refractivity contribution is 7.99. The molecule has 0 spiro atoms. The van der Waals surface area contributed by atoms with Crippen LogP contribution in [0.15, 0.2) is 66.3 Å². The van der Waals surface area contributed by atoms with E-state index in [0.29, 0.717) is 13.2 Å². The monoisotopic (exact) mass is 381 g/mol. The van der Waals surface area contributed by atoms with Crippen LogP contribution in [0.4, 0.5) is 0 Å². The summed E-state index contributed by atoms with van der Waals surface area (Å²) in [5, 5.41) is 9.58. The minimum Gasteiger partial charge on any atom is -0.497 e. The van der Waals surface area contributed by atoms with Crippen molar-refractivity contribution in [1.82, 2.24) is 14.8 Å². The lowest BCUT2D eigenvalue weighted by molar-refractivity contribution is 0.343. The Kier molecular flexibility index (Phi) is 6.54. The molecule has 0 aliphatic carbocycles. The third-order valence-electron chi connectivity index (χ3n) is 3.95. The smallest absolute Gasteiger partial charge is 0.191 e. The van der Waals surface area contributed by atoms with Crippen molar-refractivity contribution in [2.24, 2.45) is 0 Å². The fourth-order valence-electron chi connectivity index (χ4n) is 2.64. The summed E-state index contributed by atoms with van der Waals surface area (Å²) in [4.78, 5) is 0. The van der Waals surface area contributed by atoms with Crippen LogP contribution in [-0.4, -0.2) is 34.2 Å². The van der Waals surface area contributed by atoms with Gasteiger partial charge in [0.15, 0.2) is 11.0 Å². The van der Waals surface area contributed by atoms with E-state index in [9.17, 15) is 0 Å². The Labute approximate surface area is 164 Å². The molecule has 1 aromatic heterocycles. The second-order valence-electron chi connectivity index (χ2n) is 5.95. The summed E-state index contributed by atoms with van der Waals surface area (Å²) in [6.07, 6.45) is 1.85. The van der Waals surface area contributed by atoms with Crippen molar-refractivity contribution < 1.29 is 9.47 Å². The first-order valence-electron chi connectivity index (χ1n) is 8.72. The van der Waals surface area contributed by atoms with Crippen molar-refractivity contribution in [3.63, 3.8) is 0 Å². The number of ether oxygens (including phenoxy) is 2. The number of aromatic nitrogens is 3. The molecule has 0 aliphatic heterocycles. The van der Waals surface area contributed by atoms with Crippen LogP contribution in [0.5, 0.6) is 11.5 Å². The quantitative estimate of drug-likeness (QED) is 0.307. The molecule has 0 radical (unpaired) electrons. The van der Waals surface area contributed by atoms with Crippen LogP contribution >= 0.6 is 11.8 Å². The Morgan fingerprint density at radius 1 is 1.11 bits per heavy atom. The molecule has 0 saturated heterocycles. The first-order valence-corrected chi connectivity index (χ1v) is 9.70. The van der Waals surface area contributed by atoms with Gasteiger partial charge in [0.25, 0.3) is 0 Å². The lowest BCUT2D eigenvalue weighted by atomic mass is 10.2. The Bertz CT molecular complexity index is 891. The van der Waals surface area contributed by atoms with Gasteiger partial charge in [0.05, 0.1) is 13.7 Å². The largest absolute Gasteiger partial charge is 0.497 e. The molecule has 5 nitrogen and oxygen atoms in total. The van der Waals surface area contributed by atoms with E-state index < -0.39 is 0 Å². The molecule has 2 aromatic carbocycles. The number of hydrogen-bond acceptors (Lipinski definition) is 5. The van der Waals surface area contributed by atoms with E-state index in [2.05, 4.69) is 34.3 Å². The van der Waals surface area contributed by atoms with E-state index in [-0.39, 0.29) is 0 Å². The molecule has 0 bridgehead atoms. The standard InChI is InChI=1S/C21H23N3O2S/c1-4-12-24-20(17-8-10-18(25-3)11-9-17)22-23-21(24)27-14-13-26-19-7-5-6-16(2)15-19/h4-11,15H,1,12-14H2,2-3H3. The fourth-order valence-corrected chi connectivity index (χ4v) is 3.41. The van der Waals surface area contributed by atoms with Crippen LogP contribution in [0.2, 0.25) is 0 Å². The van der Waals surface area contributed by atoms with Crippen LogP contribution in [0.1, 0.15) is 5.56 Å². The fraction of sp³-hybridized carbons (Fsp3) is 0.238. The maximum atomic E-state index is 5.81. The van der Waals surface area contributed by atoms with Crippen LogP contribution in [0.25, 0.3) is 11.4 Å². The van der Waals surface area contributed by atoms with Crippen molar-refractivity contribution in [2.45, 2.75) is 18.6 Å². The zero-order chi connectivity index (χ0) is 19.1. The second-order valence-corrected chi connectivity index (χ2v) is 7.01. The zero-order valence-corrected chi connectivity index (χ0v) is 16.4. The molecular formula is C21H23N3O2S. The van der Waals surface area contributed by atoms with Crippen LogP contribution in [-0.2, 0) is 6.54 Å². The Morgan fingerprint density at radius 3 is 2.63 bits per heavy atom. The molecule has 27 heavy (non-hydrogen) atoms. The predicted molar refractivity (Wildman–Crippen MR) is 110 cm³/mol. The highest BCUT2D eigenvalue weighted by Gasteiger charge is 2.13.